The maximum atomic E-state index is 12.8. The lowest BCUT2D eigenvalue weighted by atomic mass is 10.1. The Morgan fingerprint density at radius 1 is 1.23 bits per heavy atom. The summed E-state index contributed by atoms with van der Waals surface area (Å²) in [5, 5.41) is 11.4. The van der Waals surface area contributed by atoms with Gasteiger partial charge in [0.05, 0.1) is 26.0 Å². The van der Waals surface area contributed by atoms with Crippen molar-refractivity contribution in [1.29, 1.82) is 0 Å². The monoisotopic (exact) mass is 426 g/mol. The van der Waals surface area contributed by atoms with E-state index in [-0.39, 0.29) is 18.0 Å². The predicted molar refractivity (Wildman–Crippen MR) is 114 cm³/mol. The molecule has 0 unspecified atom stereocenters. The average molecular weight is 426 g/mol. The van der Waals surface area contributed by atoms with Crippen molar-refractivity contribution in [3.63, 3.8) is 0 Å². The third kappa shape index (κ3) is 5.09. The largest absolute Gasteiger partial charge is 0.497 e. The van der Waals surface area contributed by atoms with Gasteiger partial charge in [-0.25, -0.2) is 9.20 Å². The summed E-state index contributed by atoms with van der Waals surface area (Å²) in [6, 6.07) is 9.11. The molecule has 1 saturated heterocycles. The van der Waals surface area contributed by atoms with Crippen LogP contribution in [-0.2, 0) is 16.1 Å². The molecule has 2 aromatic heterocycles. The summed E-state index contributed by atoms with van der Waals surface area (Å²) >= 11 is 0. The number of methoxy groups -OCH3 is 1. The molecule has 1 aliphatic heterocycles. The molecular formula is C21H26N6O4. The molecule has 3 aromatic rings. The Balaban J connectivity index is 1.37. The fraction of sp³-hybridized carbons (Fsp3) is 0.429. The second kappa shape index (κ2) is 9.71. The standard InChI is InChI=1S/C21H26N6O4/c1-30-17-5-3-16(4-6-17)18-13-19-21(29)26(23-15-27(19)24-18)14-20(28)22-7-2-8-25-9-11-31-12-10-25/h3-6,13,15H,2,7-12,14H2,1H3,(H,22,28). The maximum Gasteiger partial charge on any atom is 0.293 e. The van der Waals surface area contributed by atoms with Crippen LogP contribution in [0.15, 0.2) is 41.5 Å². The van der Waals surface area contributed by atoms with E-state index in [1.165, 1.54) is 10.8 Å². The van der Waals surface area contributed by atoms with Gasteiger partial charge in [0.1, 0.15) is 24.1 Å². The van der Waals surface area contributed by atoms with Crippen molar-refractivity contribution in [2.45, 2.75) is 13.0 Å². The lowest BCUT2D eigenvalue weighted by molar-refractivity contribution is -0.121. The molecule has 164 valence electrons. The molecule has 0 aliphatic carbocycles. The Labute approximate surface area is 179 Å². The molecule has 0 radical (unpaired) electrons. The summed E-state index contributed by atoms with van der Waals surface area (Å²) in [5.41, 5.74) is 1.50. The molecule has 1 N–H and O–H groups in total. The van der Waals surface area contributed by atoms with Crippen molar-refractivity contribution < 1.29 is 14.3 Å². The quantitative estimate of drug-likeness (QED) is 0.520. The van der Waals surface area contributed by atoms with Crippen LogP contribution in [-0.4, -0.2) is 76.7 Å². The van der Waals surface area contributed by atoms with Crippen molar-refractivity contribution in [3.8, 4) is 17.0 Å². The SMILES string of the molecule is COc1ccc(-c2cc3c(=O)n(CC(=O)NCCCN4CCOCC4)ncn3n2)cc1. The number of hydrogen-bond donors (Lipinski definition) is 1. The summed E-state index contributed by atoms with van der Waals surface area (Å²) in [5.74, 6) is 0.503. The van der Waals surface area contributed by atoms with Gasteiger partial charge < -0.3 is 14.8 Å². The molecule has 3 heterocycles. The molecule has 31 heavy (non-hydrogen) atoms. The molecule has 0 atom stereocenters. The molecule has 10 nitrogen and oxygen atoms in total. The molecule has 0 saturated carbocycles. The molecule has 1 fully saturated rings. The lowest BCUT2D eigenvalue weighted by Gasteiger charge is -2.26. The molecule has 1 aromatic carbocycles. The first kappa shape index (κ1) is 21.0. The van der Waals surface area contributed by atoms with Gasteiger partial charge >= 0.3 is 0 Å². The zero-order chi connectivity index (χ0) is 21.6. The highest BCUT2D eigenvalue weighted by Gasteiger charge is 2.13. The Hall–Kier alpha value is -3.24. The van der Waals surface area contributed by atoms with E-state index in [0.717, 1.165) is 55.3 Å². The number of amides is 1. The number of fused-ring (bicyclic) bond motifs is 1. The number of aromatic nitrogens is 4. The van der Waals surface area contributed by atoms with Gasteiger partial charge in [0.15, 0.2) is 0 Å². The number of carbonyl (C=O) groups is 1. The van der Waals surface area contributed by atoms with E-state index in [1.807, 2.05) is 24.3 Å². The van der Waals surface area contributed by atoms with E-state index in [0.29, 0.717) is 17.8 Å². The molecule has 0 spiro atoms. The highest BCUT2D eigenvalue weighted by atomic mass is 16.5. The van der Waals surface area contributed by atoms with Gasteiger partial charge in [-0.2, -0.15) is 10.2 Å². The zero-order valence-electron chi connectivity index (χ0n) is 17.5. The minimum absolute atomic E-state index is 0.129. The molecule has 1 aliphatic rings. The van der Waals surface area contributed by atoms with E-state index in [9.17, 15) is 9.59 Å². The van der Waals surface area contributed by atoms with Crippen molar-refractivity contribution >= 4 is 11.4 Å². The van der Waals surface area contributed by atoms with Crippen LogP contribution in [0.5, 0.6) is 5.75 Å². The number of ether oxygens (including phenoxy) is 2. The number of rotatable bonds is 8. The summed E-state index contributed by atoms with van der Waals surface area (Å²) in [6.45, 7) is 4.72. The Morgan fingerprint density at radius 2 is 2.00 bits per heavy atom. The second-order valence-electron chi connectivity index (χ2n) is 7.34. The molecule has 0 bridgehead atoms. The Kier molecular flexibility index (Phi) is 6.58. The Bertz CT molecular complexity index is 1090. The van der Waals surface area contributed by atoms with Crippen LogP contribution in [0.1, 0.15) is 6.42 Å². The third-order valence-electron chi connectivity index (χ3n) is 5.25. The van der Waals surface area contributed by atoms with Gasteiger partial charge in [-0.3, -0.25) is 14.5 Å². The first-order valence-corrected chi connectivity index (χ1v) is 10.3. The first-order valence-electron chi connectivity index (χ1n) is 10.3. The van der Waals surface area contributed by atoms with Crippen LogP contribution in [0.25, 0.3) is 16.8 Å². The van der Waals surface area contributed by atoms with E-state index >= 15 is 0 Å². The van der Waals surface area contributed by atoms with Crippen molar-refractivity contribution in [2.24, 2.45) is 0 Å². The third-order valence-corrected chi connectivity index (χ3v) is 5.25. The summed E-state index contributed by atoms with van der Waals surface area (Å²) in [7, 11) is 1.61. The van der Waals surface area contributed by atoms with Gasteiger partial charge in [-0.1, -0.05) is 0 Å². The maximum absolute atomic E-state index is 12.8. The fourth-order valence-electron chi connectivity index (χ4n) is 3.50. The Morgan fingerprint density at radius 3 is 2.74 bits per heavy atom. The molecular weight excluding hydrogens is 400 g/mol. The minimum Gasteiger partial charge on any atom is -0.497 e. The van der Waals surface area contributed by atoms with Crippen LogP contribution in [0.3, 0.4) is 0 Å². The van der Waals surface area contributed by atoms with E-state index in [1.54, 1.807) is 13.2 Å². The first-order chi connectivity index (χ1) is 15.1. The fourth-order valence-corrected chi connectivity index (χ4v) is 3.50. The number of hydrogen-bond acceptors (Lipinski definition) is 7. The lowest BCUT2D eigenvalue weighted by Crippen LogP contribution is -2.39. The average Bonchev–Trinajstić information content (AvgIpc) is 3.25. The van der Waals surface area contributed by atoms with Gasteiger partial charge in [0, 0.05) is 25.2 Å². The zero-order valence-corrected chi connectivity index (χ0v) is 17.5. The number of morpholine rings is 1. The summed E-state index contributed by atoms with van der Waals surface area (Å²) in [6.07, 6.45) is 2.29. The van der Waals surface area contributed by atoms with E-state index < -0.39 is 0 Å². The van der Waals surface area contributed by atoms with E-state index in [4.69, 9.17) is 9.47 Å². The van der Waals surface area contributed by atoms with E-state index in [2.05, 4.69) is 20.4 Å². The van der Waals surface area contributed by atoms with Crippen molar-refractivity contribution in [3.05, 3.63) is 47.0 Å². The van der Waals surface area contributed by atoms with Crippen molar-refractivity contribution in [1.82, 2.24) is 29.6 Å². The highest BCUT2D eigenvalue weighted by molar-refractivity contribution is 5.75. The highest BCUT2D eigenvalue weighted by Crippen LogP contribution is 2.21. The van der Waals surface area contributed by atoms with Gasteiger partial charge in [-0.05, 0) is 43.3 Å². The predicted octanol–water partition coefficient (Wildman–Crippen LogP) is 0.405. The van der Waals surface area contributed by atoms with Gasteiger partial charge in [0.25, 0.3) is 5.56 Å². The molecule has 4 rings (SSSR count). The number of carbonyl (C=O) groups excluding carboxylic acids is 1. The van der Waals surface area contributed by atoms with Crippen LogP contribution < -0.4 is 15.6 Å². The normalized spacial score (nSPS) is 14.6. The van der Waals surface area contributed by atoms with Crippen LogP contribution in [0.2, 0.25) is 0 Å². The summed E-state index contributed by atoms with van der Waals surface area (Å²) < 4.78 is 13.1. The minimum atomic E-state index is -0.363. The van der Waals surface area contributed by atoms with Crippen molar-refractivity contribution in [2.75, 3.05) is 46.5 Å². The number of nitrogens with one attached hydrogen (secondary N) is 1. The topological polar surface area (TPSA) is 103 Å². The molecule has 1 amide bonds. The number of nitrogens with zero attached hydrogens (tertiary/aromatic N) is 5. The molecule has 10 heteroatoms. The smallest absolute Gasteiger partial charge is 0.293 e. The number of benzene rings is 1. The second-order valence-corrected chi connectivity index (χ2v) is 7.34. The van der Waals surface area contributed by atoms with Crippen LogP contribution in [0, 0.1) is 0 Å². The van der Waals surface area contributed by atoms with Crippen LogP contribution in [0.4, 0.5) is 0 Å². The van der Waals surface area contributed by atoms with Gasteiger partial charge in [0.2, 0.25) is 5.91 Å². The van der Waals surface area contributed by atoms with Crippen LogP contribution >= 0.6 is 0 Å². The van der Waals surface area contributed by atoms with Gasteiger partial charge in [-0.15, -0.1) is 0 Å². The summed E-state index contributed by atoms with van der Waals surface area (Å²) in [4.78, 5) is 27.3.